The van der Waals surface area contributed by atoms with Crippen LogP contribution in [0.15, 0.2) is 66.7 Å². The molecule has 4 heteroatoms. The Balaban J connectivity index is 1.72. The third kappa shape index (κ3) is 2.66. The van der Waals surface area contributed by atoms with E-state index >= 15 is 0 Å². The Morgan fingerprint density at radius 1 is 0.739 bits per heavy atom. The Labute approximate surface area is 133 Å². The second-order valence-electron chi connectivity index (χ2n) is 5.41. The molecule has 0 atom stereocenters. The summed E-state index contributed by atoms with van der Waals surface area (Å²) < 4.78 is 0. The lowest BCUT2D eigenvalue weighted by atomic mass is 10.2. The minimum absolute atomic E-state index is 0.179. The number of hydrogen-bond donors (Lipinski definition) is 2. The van der Waals surface area contributed by atoms with E-state index in [1.165, 1.54) is 0 Å². The van der Waals surface area contributed by atoms with Gasteiger partial charge in [0.15, 0.2) is 0 Å². The number of nitrogens with one attached hydrogen (secondary N) is 1. The first-order valence-electron chi connectivity index (χ1n) is 7.47. The van der Waals surface area contributed by atoms with Gasteiger partial charge in [-0.15, -0.1) is 0 Å². The summed E-state index contributed by atoms with van der Waals surface area (Å²) in [6, 6.07) is 21.3. The van der Waals surface area contributed by atoms with Gasteiger partial charge < -0.3 is 10.4 Å². The van der Waals surface area contributed by atoms with Crippen molar-refractivity contribution >= 4 is 27.8 Å². The van der Waals surface area contributed by atoms with E-state index in [1.54, 1.807) is 6.07 Å². The fourth-order valence-corrected chi connectivity index (χ4v) is 2.59. The number of fused-ring (bicyclic) bond motifs is 2. The molecular formula is C19H15N3O. The van der Waals surface area contributed by atoms with Crippen LogP contribution in [0.3, 0.4) is 0 Å². The van der Waals surface area contributed by atoms with Gasteiger partial charge in [0.2, 0.25) is 0 Å². The van der Waals surface area contributed by atoms with Crippen LogP contribution in [-0.2, 0) is 6.54 Å². The lowest BCUT2D eigenvalue weighted by Gasteiger charge is -2.10. The van der Waals surface area contributed by atoms with Crippen molar-refractivity contribution in [2.75, 3.05) is 5.32 Å². The first kappa shape index (κ1) is 13.5. The van der Waals surface area contributed by atoms with Crippen LogP contribution in [0.5, 0.6) is 5.75 Å². The van der Waals surface area contributed by atoms with Gasteiger partial charge in [-0.25, -0.2) is 9.97 Å². The van der Waals surface area contributed by atoms with Gasteiger partial charge in [-0.3, -0.25) is 0 Å². The summed E-state index contributed by atoms with van der Waals surface area (Å²) in [6.45, 7) is 0.640. The van der Waals surface area contributed by atoms with Gasteiger partial charge in [0.1, 0.15) is 5.75 Å². The predicted octanol–water partition coefficient (Wildman–Crippen LogP) is 4.10. The van der Waals surface area contributed by atoms with Crippen LogP contribution >= 0.6 is 0 Å². The molecule has 0 aliphatic heterocycles. The first-order chi connectivity index (χ1) is 11.3. The number of phenols is 1. The smallest absolute Gasteiger partial charge is 0.140 e. The number of phenolic OH excluding ortho intramolecular Hbond substituents is 1. The van der Waals surface area contributed by atoms with Crippen molar-refractivity contribution in [1.29, 1.82) is 0 Å². The van der Waals surface area contributed by atoms with E-state index in [2.05, 4.69) is 15.3 Å². The summed E-state index contributed by atoms with van der Waals surface area (Å²) >= 11 is 0. The number of para-hydroxylation sites is 2. The Bertz CT molecular complexity index is 984. The third-order valence-corrected chi connectivity index (χ3v) is 3.78. The lowest BCUT2D eigenvalue weighted by molar-refractivity contribution is 0.478. The molecular weight excluding hydrogens is 286 g/mol. The van der Waals surface area contributed by atoms with Crippen LogP contribution in [0.25, 0.3) is 22.1 Å². The number of hydrogen-bond acceptors (Lipinski definition) is 4. The van der Waals surface area contributed by atoms with Gasteiger partial charge in [0, 0.05) is 12.6 Å². The summed E-state index contributed by atoms with van der Waals surface area (Å²) in [5.41, 5.74) is 4.93. The molecule has 0 spiro atoms. The molecule has 0 aliphatic rings. The highest BCUT2D eigenvalue weighted by atomic mass is 16.3. The van der Waals surface area contributed by atoms with E-state index in [4.69, 9.17) is 0 Å². The Kier molecular flexibility index (Phi) is 3.27. The number of aromatic hydroxyl groups is 1. The number of nitrogens with zero attached hydrogens (tertiary/aromatic N) is 2. The van der Waals surface area contributed by atoms with Crippen LogP contribution in [0, 0.1) is 0 Å². The third-order valence-electron chi connectivity index (χ3n) is 3.78. The van der Waals surface area contributed by atoms with Gasteiger partial charge >= 0.3 is 0 Å². The molecule has 0 unspecified atom stereocenters. The SMILES string of the molecule is Oc1cc2nc3ccccc3nc2cc1NCc1ccccc1. The molecule has 1 aromatic heterocycles. The number of benzene rings is 3. The highest BCUT2D eigenvalue weighted by molar-refractivity contribution is 5.89. The van der Waals surface area contributed by atoms with Crippen molar-refractivity contribution < 1.29 is 5.11 Å². The van der Waals surface area contributed by atoms with E-state index in [-0.39, 0.29) is 5.75 Å². The number of aromatic nitrogens is 2. The van der Waals surface area contributed by atoms with Crippen molar-refractivity contribution in [1.82, 2.24) is 9.97 Å². The second-order valence-corrected chi connectivity index (χ2v) is 5.41. The van der Waals surface area contributed by atoms with Gasteiger partial charge in [0.05, 0.1) is 27.8 Å². The number of rotatable bonds is 3. The van der Waals surface area contributed by atoms with E-state index < -0.39 is 0 Å². The van der Waals surface area contributed by atoms with E-state index in [0.717, 1.165) is 22.1 Å². The summed E-state index contributed by atoms with van der Waals surface area (Å²) in [6.07, 6.45) is 0. The molecule has 4 nitrogen and oxygen atoms in total. The molecule has 2 N–H and O–H groups in total. The van der Waals surface area contributed by atoms with Crippen molar-refractivity contribution in [2.24, 2.45) is 0 Å². The van der Waals surface area contributed by atoms with Crippen molar-refractivity contribution in [3.8, 4) is 5.75 Å². The molecule has 0 bridgehead atoms. The topological polar surface area (TPSA) is 58.0 Å². The summed E-state index contributed by atoms with van der Waals surface area (Å²) in [7, 11) is 0. The Morgan fingerprint density at radius 2 is 1.35 bits per heavy atom. The quantitative estimate of drug-likeness (QED) is 0.442. The molecule has 0 amide bonds. The molecule has 3 aromatic carbocycles. The van der Waals surface area contributed by atoms with Crippen LogP contribution in [0.4, 0.5) is 5.69 Å². The molecule has 0 saturated heterocycles. The standard InChI is InChI=1S/C19H15N3O/c23-19-11-17-16(21-14-8-4-5-9-15(14)22-17)10-18(19)20-12-13-6-2-1-3-7-13/h1-11,20,23H,12H2. The van der Waals surface area contributed by atoms with Crippen molar-refractivity contribution in [3.63, 3.8) is 0 Å². The van der Waals surface area contributed by atoms with Gasteiger partial charge in [0.25, 0.3) is 0 Å². The molecule has 0 fully saturated rings. The van der Waals surface area contributed by atoms with Crippen LogP contribution in [-0.4, -0.2) is 15.1 Å². The van der Waals surface area contributed by atoms with Crippen molar-refractivity contribution in [3.05, 3.63) is 72.3 Å². The minimum atomic E-state index is 0.179. The maximum Gasteiger partial charge on any atom is 0.140 e. The average Bonchev–Trinajstić information content (AvgIpc) is 2.59. The minimum Gasteiger partial charge on any atom is -0.506 e. The molecule has 23 heavy (non-hydrogen) atoms. The summed E-state index contributed by atoms with van der Waals surface area (Å²) in [4.78, 5) is 9.17. The van der Waals surface area contributed by atoms with Crippen LogP contribution in [0.2, 0.25) is 0 Å². The maximum atomic E-state index is 10.2. The fourth-order valence-electron chi connectivity index (χ4n) is 2.59. The van der Waals surface area contributed by atoms with Gasteiger partial charge in [-0.1, -0.05) is 42.5 Å². The molecule has 0 aliphatic carbocycles. The summed E-state index contributed by atoms with van der Waals surface area (Å²) in [5.74, 6) is 0.179. The number of anilines is 1. The van der Waals surface area contributed by atoms with E-state index in [1.807, 2.05) is 60.7 Å². The largest absolute Gasteiger partial charge is 0.506 e. The van der Waals surface area contributed by atoms with Crippen LogP contribution in [0.1, 0.15) is 5.56 Å². The lowest BCUT2D eigenvalue weighted by Crippen LogP contribution is -2.00. The van der Waals surface area contributed by atoms with E-state index in [9.17, 15) is 5.11 Å². The molecule has 0 radical (unpaired) electrons. The second kappa shape index (κ2) is 5.57. The molecule has 1 heterocycles. The van der Waals surface area contributed by atoms with Gasteiger partial charge in [-0.2, -0.15) is 0 Å². The van der Waals surface area contributed by atoms with Crippen molar-refractivity contribution in [2.45, 2.75) is 6.54 Å². The molecule has 4 aromatic rings. The highest BCUT2D eigenvalue weighted by Crippen LogP contribution is 2.29. The normalized spacial score (nSPS) is 11.0. The zero-order chi connectivity index (χ0) is 15.6. The summed E-state index contributed by atoms with van der Waals surface area (Å²) in [5, 5.41) is 13.5. The van der Waals surface area contributed by atoms with Crippen LogP contribution < -0.4 is 5.32 Å². The zero-order valence-corrected chi connectivity index (χ0v) is 12.4. The van der Waals surface area contributed by atoms with E-state index in [0.29, 0.717) is 17.7 Å². The van der Waals surface area contributed by atoms with Gasteiger partial charge in [-0.05, 0) is 23.8 Å². The highest BCUT2D eigenvalue weighted by Gasteiger charge is 2.07. The fraction of sp³-hybridized carbons (Fsp3) is 0.0526. The molecule has 4 rings (SSSR count). The molecule has 0 saturated carbocycles. The maximum absolute atomic E-state index is 10.2. The predicted molar refractivity (Wildman–Crippen MR) is 92.5 cm³/mol. The zero-order valence-electron chi connectivity index (χ0n) is 12.4. The molecule has 112 valence electrons. The Morgan fingerprint density at radius 3 is 2.04 bits per heavy atom. The monoisotopic (exact) mass is 301 g/mol. The Hall–Kier alpha value is -3.14. The average molecular weight is 301 g/mol. The first-order valence-corrected chi connectivity index (χ1v) is 7.47.